The highest BCUT2D eigenvalue weighted by atomic mass is 79.9. The van der Waals surface area contributed by atoms with Gasteiger partial charge >= 0.3 is 6.09 Å². The van der Waals surface area contributed by atoms with Gasteiger partial charge in [0.25, 0.3) is 0 Å². The van der Waals surface area contributed by atoms with Crippen LogP contribution in [0.5, 0.6) is 0 Å². The topological polar surface area (TPSA) is 42.2 Å². The minimum atomic E-state index is -0.953. The van der Waals surface area contributed by atoms with E-state index in [1.165, 1.54) is 4.57 Å². The molecule has 1 atom stereocenters. The third kappa shape index (κ3) is 1.65. The zero-order chi connectivity index (χ0) is 11.0. The van der Waals surface area contributed by atoms with Crippen LogP contribution in [0.25, 0.3) is 10.9 Å². The van der Waals surface area contributed by atoms with Gasteiger partial charge in [0.2, 0.25) is 0 Å². The van der Waals surface area contributed by atoms with Gasteiger partial charge in [0, 0.05) is 16.4 Å². The number of rotatable bonds is 1. The lowest BCUT2D eigenvalue weighted by Gasteiger charge is -1.98. The molecule has 3 nitrogen and oxygen atoms in total. The van der Waals surface area contributed by atoms with Crippen molar-refractivity contribution in [3.8, 4) is 0 Å². The van der Waals surface area contributed by atoms with Gasteiger partial charge in [0.15, 0.2) is 0 Å². The minimum Gasteiger partial charge on any atom is -0.464 e. The summed E-state index contributed by atoms with van der Waals surface area (Å²) in [7, 11) is 0. The van der Waals surface area contributed by atoms with Crippen LogP contribution in [0.15, 0.2) is 30.5 Å². The molecule has 0 bridgehead atoms. The lowest BCUT2D eigenvalue weighted by molar-refractivity contribution is 0.197. The minimum absolute atomic E-state index is 0.142. The molecule has 0 spiro atoms. The predicted molar refractivity (Wildman–Crippen MR) is 62.7 cm³/mol. The molecule has 0 amide bonds. The molecule has 0 saturated carbocycles. The maximum Gasteiger partial charge on any atom is 0.416 e. The van der Waals surface area contributed by atoms with Crippen molar-refractivity contribution in [3.05, 3.63) is 36.0 Å². The molecule has 1 unspecified atom stereocenters. The smallest absolute Gasteiger partial charge is 0.416 e. The van der Waals surface area contributed by atoms with Gasteiger partial charge in [0.1, 0.15) is 0 Å². The molecule has 2 rings (SSSR count). The molecule has 1 aromatic carbocycles. The molecule has 0 aliphatic carbocycles. The van der Waals surface area contributed by atoms with Gasteiger partial charge in [-0.2, -0.15) is 0 Å². The van der Waals surface area contributed by atoms with E-state index in [0.717, 1.165) is 16.5 Å². The van der Waals surface area contributed by atoms with Crippen LogP contribution in [-0.4, -0.2) is 15.8 Å². The van der Waals surface area contributed by atoms with Gasteiger partial charge in [0.05, 0.1) is 5.52 Å². The zero-order valence-corrected chi connectivity index (χ0v) is 9.73. The van der Waals surface area contributed by atoms with Gasteiger partial charge in [-0.1, -0.05) is 34.1 Å². The van der Waals surface area contributed by atoms with Crippen LogP contribution in [0, 0.1) is 0 Å². The first-order valence-electron chi connectivity index (χ1n) is 4.58. The SMILES string of the molecule is CC(Br)c1cn(C(=O)O)c2ccccc12. The molecule has 78 valence electrons. The van der Waals surface area contributed by atoms with E-state index in [-0.39, 0.29) is 4.83 Å². The molecule has 0 saturated heterocycles. The molecule has 15 heavy (non-hydrogen) atoms. The van der Waals surface area contributed by atoms with Crippen molar-refractivity contribution in [2.75, 3.05) is 0 Å². The van der Waals surface area contributed by atoms with E-state index in [1.807, 2.05) is 31.2 Å². The fourth-order valence-corrected chi connectivity index (χ4v) is 2.05. The Morgan fingerprint density at radius 3 is 2.73 bits per heavy atom. The fourth-order valence-electron chi connectivity index (χ4n) is 1.68. The van der Waals surface area contributed by atoms with Crippen molar-refractivity contribution in [1.82, 2.24) is 4.57 Å². The van der Waals surface area contributed by atoms with E-state index in [1.54, 1.807) is 6.20 Å². The van der Waals surface area contributed by atoms with Crippen LogP contribution in [0.4, 0.5) is 4.79 Å². The molecule has 0 fully saturated rings. The van der Waals surface area contributed by atoms with Crippen molar-refractivity contribution in [2.24, 2.45) is 0 Å². The second kappa shape index (κ2) is 3.70. The summed E-state index contributed by atoms with van der Waals surface area (Å²) in [6, 6.07) is 7.49. The number of carbonyl (C=O) groups is 1. The lowest BCUT2D eigenvalue weighted by atomic mass is 10.1. The summed E-state index contributed by atoms with van der Waals surface area (Å²) >= 11 is 3.46. The molecule has 1 N–H and O–H groups in total. The first-order chi connectivity index (χ1) is 7.11. The molecule has 1 aromatic heterocycles. The van der Waals surface area contributed by atoms with Crippen molar-refractivity contribution in [2.45, 2.75) is 11.8 Å². The number of nitrogens with zero attached hydrogens (tertiary/aromatic N) is 1. The van der Waals surface area contributed by atoms with Gasteiger partial charge in [-0.25, -0.2) is 4.79 Å². The van der Waals surface area contributed by atoms with Crippen LogP contribution in [0.1, 0.15) is 17.3 Å². The Kier molecular flexibility index (Phi) is 2.52. The Morgan fingerprint density at radius 1 is 1.47 bits per heavy atom. The molecule has 4 heteroatoms. The highest BCUT2D eigenvalue weighted by molar-refractivity contribution is 9.09. The largest absolute Gasteiger partial charge is 0.464 e. The van der Waals surface area contributed by atoms with Crippen molar-refractivity contribution < 1.29 is 9.90 Å². The number of halogens is 1. The van der Waals surface area contributed by atoms with Crippen molar-refractivity contribution in [3.63, 3.8) is 0 Å². The second-order valence-electron chi connectivity index (χ2n) is 3.37. The van der Waals surface area contributed by atoms with Crippen LogP contribution >= 0.6 is 15.9 Å². The molecule has 0 aliphatic rings. The van der Waals surface area contributed by atoms with E-state index >= 15 is 0 Å². The van der Waals surface area contributed by atoms with Gasteiger partial charge in [-0.3, -0.25) is 4.57 Å². The summed E-state index contributed by atoms with van der Waals surface area (Å²) in [6.45, 7) is 1.98. The third-order valence-corrected chi connectivity index (χ3v) is 2.87. The van der Waals surface area contributed by atoms with E-state index in [2.05, 4.69) is 15.9 Å². The summed E-state index contributed by atoms with van der Waals surface area (Å²) in [5.41, 5.74) is 1.72. The number of para-hydroxylation sites is 1. The average molecular weight is 268 g/mol. The Morgan fingerprint density at radius 2 is 2.13 bits per heavy atom. The maximum absolute atomic E-state index is 11.0. The molecule has 1 heterocycles. The van der Waals surface area contributed by atoms with Gasteiger partial charge in [-0.15, -0.1) is 0 Å². The molecule has 0 radical (unpaired) electrons. The van der Waals surface area contributed by atoms with E-state index in [9.17, 15) is 4.79 Å². The molecular weight excluding hydrogens is 258 g/mol. The predicted octanol–water partition coefficient (Wildman–Crippen LogP) is 3.62. The number of fused-ring (bicyclic) bond motifs is 1. The lowest BCUT2D eigenvalue weighted by Crippen LogP contribution is -2.05. The van der Waals surface area contributed by atoms with Crippen LogP contribution in [0.2, 0.25) is 0 Å². The maximum atomic E-state index is 11.0. The van der Waals surface area contributed by atoms with Gasteiger partial charge in [-0.05, 0) is 18.6 Å². The Hall–Kier alpha value is -1.29. The first-order valence-corrected chi connectivity index (χ1v) is 5.50. The molecular formula is C11H10BrNO2. The molecule has 0 aliphatic heterocycles. The van der Waals surface area contributed by atoms with Crippen LogP contribution in [0.3, 0.4) is 0 Å². The number of hydrogen-bond acceptors (Lipinski definition) is 1. The number of hydrogen-bond donors (Lipinski definition) is 1. The van der Waals surface area contributed by atoms with E-state index in [4.69, 9.17) is 5.11 Å². The highest BCUT2D eigenvalue weighted by Gasteiger charge is 2.14. The van der Waals surface area contributed by atoms with Crippen LogP contribution < -0.4 is 0 Å². The highest BCUT2D eigenvalue weighted by Crippen LogP contribution is 2.30. The number of alkyl halides is 1. The zero-order valence-electron chi connectivity index (χ0n) is 8.14. The number of carboxylic acid groups (broad SMARTS) is 1. The Bertz CT molecular complexity index is 516. The van der Waals surface area contributed by atoms with E-state index in [0.29, 0.717) is 0 Å². The first kappa shape index (κ1) is 10.2. The normalized spacial score (nSPS) is 12.9. The van der Waals surface area contributed by atoms with Crippen LogP contribution in [-0.2, 0) is 0 Å². The van der Waals surface area contributed by atoms with E-state index < -0.39 is 6.09 Å². The standard InChI is InChI=1S/C11H10BrNO2/c1-7(12)9-6-13(11(14)15)10-5-3-2-4-8(9)10/h2-7H,1H3,(H,14,15). The Balaban J connectivity index is 2.79. The quantitative estimate of drug-likeness (QED) is 0.802. The number of aromatic nitrogens is 1. The summed E-state index contributed by atoms with van der Waals surface area (Å²) in [6.07, 6.45) is 0.706. The summed E-state index contributed by atoms with van der Waals surface area (Å²) in [5.74, 6) is 0. The Labute approximate surface area is 95.5 Å². The van der Waals surface area contributed by atoms with Gasteiger partial charge < -0.3 is 5.11 Å². The number of benzene rings is 1. The molecule has 2 aromatic rings. The third-order valence-electron chi connectivity index (χ3n) is 2.38. The second-order valence-corrected chi connectivity index (χ2v) is 4.74. The summed E-state index contributed by atoms with van der Waals surface area (Å²) in [5, 5.41) is 10.0. The van der Waals surface area contributed by atoms with Crippen molar-refractivity contribution >= 4 is 32.9 Å². The monoisotopic (exact) mass is 267 g/mol. The average Bonchev–Trinajstić information content (AvgIpc) is 2.56. The summed E-state index contributed by atoms with van der Waals surface area (Å²) < 4.78 is 1.25. The summed E-state index contributed by atoms with van der Waals surface area (Å²) in [4.78, 5) is 11.1. The van der Waals surface area contributed by atoms with Crippen molar-refractivity contribution in [1.29, 1.82) is 0 Å². The fraction of sp³-hybridized carbons (Fsp3) is 0.182.